The van der Waals surface area contributed by atoms with Gasteiger partial charge in [0.2, 0.25) is 0 Å². The zero-order chi connectivity index (χ0) is 13.8. The smallest absolute Gasteiger partial charge is 0.335 e. The van der Waals surface area contributed by atoms with Crippen molar-refractivity contribution >= 4 is 21.9 Å². The Morgan fingerprint density at radius 2 is 2.05 bits per heavy atom. The van der Waals surface area contributed by atoms with Crippen molar-refractivity contribution in [3.8, 4) is 5.75 Å². The number of aryl methyl sites for hydroxylation is 1. The fourth-order valence-corrected chi connectivity index (χ4v) is 2.21. The molecular weight excluding hydrogens is 308 g/mol. The lowest BCUT2D eigenvalue weighted by Crippen LogP contribution is -1.99. The molecule has 4 heteroatoms. The fourth-order valence-electron chi connectivity index (χ4n) is 1.71. The zero-order valence-corrected chi connectivity index (χ0v) is 12.0. The third kappa shape index (κ3) is 3.58. The van der Waals surface area contributed by atoms with Crippen molar-refractivity contribution < 1.29 is 14.6 Å². The van der Waals surface area contributed by atoms with Crippen molar-refractivity contribution in [2.24, 2.45) is 0 Å². The van der Waals surface area contributed by atoms with Crippen molar-refractivity contribution in [1.82, 2.24) is 0 Å². The molecule has 0 aliphatic rings. The summed E-state index contributed by atoms with van der Waals surface area (Å²) in [5, 5.41) is 8.88. The summed E-state index contributed by atoms with van der Waals surface area (Å²) in [5.41, 5.74) is 2.49. The van der Waals surface area contributed by atoms with E-state index >= 15 is 0 Å². The third-order valence-electron chi connectivity index (χ3n) is 2.66. The number of benzene rings is 2. The highest BCUT2D eigenvalue weighted by molar-refractivity contribution is 9.10. The zero-order valence-electron chi connectivity index (χ0n) is 10.4. The molecule has 0 unspecified atom stereocenters. The van der Waals surface area contributed by atoms with Gasteiger partial charge in [0.15, 0.2) is 0 Å². The normalized spacial score (nSPS) is 10.2. The molecule has 0 radical (unpaired) electrons. The maximum absolute atomic E-state index is 10.8. The van der Waals surface area contributed by atoms with E-state index < -0.39 is 5.97 Å². The molecule has 19 heavy (non-hydrogen) atoms. The molecule has 0 bridgehead atoms. The first-order valence-electron chi connectivity index (χ1n) is 5.77. The molecule has 0 atom stereocenters. The second kappa shape index (κ2) is 5.89. The average molecular weight is 321 g/mol. The van der Waals surface area contributed by atoms with E-state index in [0.29, 0.717) is 16.8 Å². The Balaban J connectivity index is 2.10. The Labute approximate surface area is 120 Å². The van der Waals surface area contributed by atoms with Crippen LogP contribution in [0, 0.1) is 6.92 Å². The number of carboxylic acids is 1. The van der Waals surface area contributed by atoms with Crippen LogP contribution < -0.4 is 4.74 Å². The van der Waals surface area contributed by atoms with Gasteiger partial charge < -0.3 is 9.84 Å². The topological polar surface area (TPSA) is 46.5 Å². The van der Waals surface area contributed by atoms with Crippen LogP contribution in [0.25, 0.3) is 0 Å². The average Bonchev–Trinajstić information content (AvgIpc) is 2.37. The van der Waals surface area contributed by atoms with Gasteiger partial charge in [-0.3, -0.25) is 0 Å². The SMILES string of the molecule is Cc1cccc(COc2ccc(C(=O)O)cc2Br)c1. The molecule has 3 nitrogen and oxygen atoms in total. The third-order valence-corrected chi connectivity index (χ3v) is 3.28. The minimum absolute atomic E-state index is 0.231. The summed E-state index contributed by atoms with van der Waals surface area (Å²) in [6.45, 7) is 2.48. The Morgan fingerprint density at radius 1 is 1.26 bits per heavy atom. The maximum atomic E-state index is 10.8. The predicted octanol–water partition coefficient (Wildman–Crippen LogP) is 4.03. The number of ether oxygens (including phenoxy) is 1. The molecule has 0 amide bonds. The van der Waals surface area contributed by atoms with Gasteiger partial charge in [0.1, 0.15) is 12.4 Å². The second-order valence-electron chi connectivity index (χ2n) is 4.23. The van der Waals surface area contributed by atoms with Crippen molar-refractivity contribution in [2.45, 2.75) is 13.5 Å². The molecule has 1 N–H and O–H groups in total. The van der Waals surface area contributed by atoms with Gasteiger partial charge in [0.05, 0.1) is 10.0 Å². The van der Waals surface area contributed by atoms with Crippen molar-refractivity contribution in [1.29, 1.82) is 0 Å². The van der Waals surface area contributed by atoms with Crippen LogP contribution in [0.15, 0.2) is 46.9 Å². The largest absolute Gasteiger partial charge is 0.488 e. The monoisotopic (exact) mass is 320 g/mol. The first-order chi connectivity index (χ1) is 9.06. The quantitative estimate of drug-likeness (QED) is 0.924. The van der Waals surface area contributed by atoms with Gasteiger partial charge in [-0.2, -0.15) is 0 Å². The van der Waals surface area contributed by atoms with Gasteiger partial charge >= 0.3 is 5.97 Å². The van der Waals surface area contributed by atoms with Crippen molar-refractivity contribution in [3.05, 3.63) is 63.6 Å². The summed E-state index contributed by atoms with van der Waals surface area (Å²) in [6, 6.07) is 12.8. The molecule has 2 aromatic carbocycles. The van der Waals surface area contributed by atoms with E-state index in [9.17, 15) is 4.79 Å². The molecule has 0 spiro atoms. The van der Waals surface area contributed by atoms with E-state index in [1.165, 1.54) is 17.7 Å². The molecule has 0 heterocycles. The van der Waals surface area contributed by atoms with Crippen LogP contribution in [-0.4, -0.2) is 11.1 Å². The van der Waals surface area contributed by atoms with Crippen LogP contribution in [-0.2, 0) is 6.61 Å². The van der Waals surface area contributed by atoms with E-state index in [0.717, 1.165) is 5.56 Å². The number of hydrogen-bond donors (Lipinski definition) is 1. The summed E-state index contributed by atoms with van der Waals surface area (Å²) in [6.07, 6.45) is 0. The van der Waals surface area contributed by atoms with E-state index in [2.05, 4.69) is 22.0 Å². The van der Waals surface area contributed by atoms with E-state index in [1.807, 2.05) is 25.1 Å². The van der Waals surface area contributed by atoms with Crippen LogP contribution in [0.1, 0.15) is 21.5 Å². The van der Waals surface area contributed by atoms with Gasteiger partial charge in [-0.25, -0.2) is 4.79 Å². The Kier molecular flexibility index (Phi) is 4.22. The van der Waals surface area contributed by atoms with E-state index in [4.69, 9.17) is 9.84 Å². The van der Waals surface area contributed by atoms with Crippen LogP contribution >= 0.6 is 15.9 Å². The number of rotatable bonds is 4. The Bertz CT molecular complexity index is 608. The van der Waals surface area contributed by atoms with Crippen LogP contribution in [0.2, 0.25) is 0 Å². The summed E-state index contributed by atoms with van der Waals surface area (Å²) in [7, 11) is 0. The van der Waals surface area contributed by atoms with Crippen LogP contribution in [0.5, 0.6) is 5.75 Å². The molecule has 0 saturated heterocycles. The lowest BCUT2D eigenvalue weighted by Gasteiger charge is -2.09. The van der Waals surface area contributed by atoms with Crippen LogP contribution in [0.3, 0.4) is 0 Å². The van der Waals surface area contributed by atoms with Gasteiger partial charge in [-0.1, -0.05) is 29.8 Å². The second-order valence-corrected chi connectivity index (χ2v) is 5.08. The summed E-state index contributed by atoms with van der Waals surface area (Å²) < 4.78 is 6.31. The lowest BCUT2D eigenvalue weighted by atomic mass is 10.1. The first kappa shape index (κ1) is 13.6. The molecular formula is C15H13BrO3. The molecule has 2 aromatic rings. The van der Waals surface area contributed by atoms with E-state index in [-0.39, 0.29) is 5.56 Å². The highest BCUT2D eigenvalue weighted by Gasteiger charge is 2.07. The van der Waals surface area contributed by atoms with Gasteiger partial charge in [0.25, 0.3) is 0 Å². The molecule has 0 aliphatic carbocycles. The first-order valence-corrected chi connectivity index (χ1v) is 6.57. The van der Waals surface area contributed by atoms with Gasteiger partial charge in [-0.05, 0) is 46.6 Å². The maximum Gasteiger partial charge on any atom is 0.335 e. The van der Waals surface area contributed by atoms with Gasteiger partial charge in [-0.15, -0.1) is 0 Å². The highest BCUT2D eigenvalue weighted by Crippen LogP contribution is 2.26. The fraction of sp³-hybridized carbons (Fsp3) is 0.133. The van der Waals surface area contributed by atoms with Crippen LogP contribution in [0.4, 0.5) is 0 Å². The molecule has 98 valence electrons. The minimum Gasteiger partial charge on any atom is -0.488 e. The highest BCUT2D eigenvalue weighted by atomic mass is 79.9. The Hall–Kier alpha value is -1.81. The summed E-state index contributed by atoms with van der Waals surface area (Å²) in [4.78, 5) is 10.8. The van der Waals surface area contributed by atoms with Gasteiger partial charge in [0, 0.05) is 0 Å². The van der Waals surface area contributed by atoms with Crippen molar-refractivity contribution in [3.63, 3.8) is 0 Å². The molecule has 0 saturated carbocycles. The van der Waals surface area contributed by atoms with Crippen molar-refractivity contribution in [2.75, 3.05) is 0 Å². The molecule has 2 rings (SSSR count). The van der Waals surface area contributed by atoms with E-state index in [1.54, 1.807) is 6.07 Å². The molecule has 0 aromatic heterocycles. The predicted molar refractivity (Wildman–Crippen MR) is 76.6 cm³/mol. The number of aromatic carboxylic acids is 1. The molecule has 0 aliphatic heterocycles. The summed E-state index contributed by atoms with van der Waals surface area (Å²) >= 11 is 3.32. The molecule has 0 fully saturated rings. The lowest BCUT2D eigenvalue weighted by molar-refractivity contribution is 0.0696. The Morgan fingerprint density at radius 3 is 2.68 bits per heavy atom. The number of halogens is 1. The number of carboxylic acid groups (broad SMARTS) is 1. The minimum atomic E-state index is -0.953. The number of carbonyl (C=O) groups is 1. The standard InChI is InChI=1S/C15H13BrO3/c1-10-3-2-4-11(7-10)9-19-14-6-5-12(15(17)18)8-13(14)16/h2-8H,9H2,1H3,(H,17,18). The summed E-state index contributed by atoms with van der Waals surface area (Å²) in [5.74, 6) is -0.322. The number of hydrogen-bond acceptors (Lipinski definition) is 2.